The lowest BCUT2D eigenvalue weighted by atomic mass is 10.2. The highest BCUT2D eigenvalue weighted by Gasteiger charge is 2.07. The zero-order valence-corrected chi connectivity index (χ0v) is 9.06. The number of aromatic nitrogens is 2. The van der Waals surface area contributed by atoms with Gasteiger partial charge in [0.2, 0.25) is 6.33 Å². The highest BCUT2D eigenvalue weighted by Crippen LogP contribution is 2.06. The van der Waals surface area contributed by atoms with Gasteiger partial charge in [-0.25, -0.2) is 0 Å². The predicted octanol–water partition coefficient (Wildman–Crippen LogP) is 2.50. The molecule has 0 aliphatic rings. The second kappa shape index (κ2) is 5.07. The smallest absolute Gasteiger partial charge is 0.358 e. The van der Waals surface area contributed by atoms with Crippen LogP contribution in [-0.4, -0.2) is 14.5 Å². The van der Waals surface area contributed by atoms with Crippen molar-refractivity contribution in [3.05, 3.63) is 64.6 Å². The minimum Gasteiger partial charge on any atom is -0.358 e. The maximum absolute atomic E-state index is 10.4. The molecular weight excluding hydrogens is 218 g/mol. The van der Waals surface area contributed by atoms with Crippen LogP contribution in [0, 0.1) is 10.1 Å². The Morgan fingerprint density at radius 2 is 2.12 bits per heavy atom. The maximum atomic E-state index is 10.4. The minimum atomic E-state index is -0.503. The normalized spacial score (nSPS) is 10.8. The summed E-state index contributed by atoms with van der Waals surface area (Å²) in [6.07, 6.45) is 6.76. The van der Waals surface area contributed by atoms with E-state index in [-0.39, 0.29) is 5.82 Å². The molecule has 1 aromatic carbocycles. The van der Waals surface area contributed by atoms with Crippen molar-refractivity contribution in [2.75, 3.05) is 0 Å². The highest BCUT2D eigenvalue weighted by molar-refractivity contribution is 5.48. The quantitative estimate of drug-likeness (QED) is 0.597. The van der Waals surface area contributed by atoms with Crippen LogP contribution in [0.4, 0.5) is 5.82 Å². The summed E-state index contributed by atoms with van der Waals surface area (Å²) < 4.78 is 1.66. The van der Waals surface area contributed by atoms with Gasteiger partial charge in [-0.1, -0.05) is 42.5 Å². The van der Waals surface area contributed by atoms with Gasteiger partial charge in [0.15, 0.2) is 0 Å². The van der Waals surface area contributed by atoms with Crippen molar-refractivity contribution in [3.63, 3.8) is 0 Å². The Balaban J connectivity index is 1.98. The second-order valence-corrected chi connectivity index (χ2v) is 3.50. The average Bonchev–Trinajstić information content (AvgIpc) is 2.79. The van der Waals surface area contributed by atoms with E-state index in [0.717, 1.165) is 5.56 Å². The molecule has 17 heavy (non-hydrogen) atoms. The second-order valence-electron chi connectivity index (χ2n) is 3.50. The van der Waals surface area contributed by atoms with E-state index in [0.29, 0.717) is 6.54 Å². The lowest BCUT2D eigenvalue weighted by Gasteiger charge is -1.93. The molecule has 5 heteroatoms. The van der Waals surface area contributed by atoms with E-state index in [1.165, 1.54) is 12.5 Å². The molecule has 0 saturated heterocycles. The van der Waals surface area contributed by atoms with Crippen LogP contribution in [-0.2, 0) is 6.54 Å². The van der Waals surface area contributed by atoms with Crippen LogP contribution in [0.25, 0.3) is 6.08 Å². The summed E-state index contributed by atoms with van der Waals surface area (Å²) in [5.74, 6) is -0.127. The molecular formula is C12H11N3O2. The van der Waals surface area contributed by atoms with Crippen LogP contribution in [0.3, 0.4) is 0 Å². The molecule has 2 aromatic rings. The first-order chi connectivity index (χ1) is 8.25. The molecule has 1 aromatic heterocycles. The predicted molar refractivity (Wildman–Crippen MR) is 64.4 cm³/mol. The summed E-state index contributed by atoms with van der Waals surface area (Å²) in [6.45, 7) is 0.565. The van der Waals surface area contributed by atoms with Crippen molar-refractivity contribution in [1.29, 1.82) is 0 Å². The number of benzene rings is 1. The molecule has 0 unspecified atom stereocenters. The molecule has 0 spiro atoms. The largest absolute Gasteiger partial charge is 0.381 e. The molecule has 2 rings (SSSR count). The van der Waals surface area contributed by atoms with Gasteiger partial charge in [0, 0.05) is 6.54 Å². The van der Waals surface area contributed by atoms with Crippen molar-refractivity contribution < 1.29 is 4.92 Å². The number of allylic oxidation sites excluding steroid dienone is 1. The molecule has 0 bridgehead atoms. The Hall–Kier alpha value is -2.43. The third-order valence-corrected chi connectivity index (χ3v) is 2.23. The Morgan fingerprint density at radius 3 is 2.76 bits per heavy atom. The van der Waals surface area contributed by atoms with E-state index < -0.39 is 4.92 Å². The van der Waals surface area contributed by atoms with Crippen LogP contribution in [0.5, 0.6) is 0 Å². The maximum Gasteiger partial charge on any atom is 0.381 e. The number of nitrogens with zero attached hydrogens (tertiary/aromatic N) is 3. The molecule has 0 atom stereocenters. The molecule has 0 fully saturated rings. The SMILES string of the molecule is O=[N+]([O-])c1cn(C/C=C\c2ccccc2)cn1. The van der Waals surface area contributed by atoms with E-state index in [1.54, 1.807) is 4.57 Å². The fourth-order valence-corrected chi connectivity index (χ4v) is 1.42. The zero-order chi connectivity index (χ0) is 12.1. The summed E-state index contributed by atoms with van der Waals surface area (Å²) >= 11 is 0. The van der Waals surface area contributed by atoms with Crippen LogP contribution < -0.4 is 0 Å². The molecule has 86 valence electrons. The number of hydrogen-bond acceptors (Lipinski definition) is 3. The van der Waals surface area contributed by atoms with E-state index in [2.05, 4.69) is 4.98 Å². The third kappa shape index (κ3) is 3.01. The summed E-state index contributed by atoms with van der Waals surface area (Å²) in [5.41, 5.74) is 1.10. The van der Waals surface area contributed by atoms with Gasteiger partial charge >= 0.3 is 5.82 Å². The zero-order valence-electron chi connectivity index (χ0n) is 9.06. The van der Waals surface area contributed by atoms with Crippen molar-refractivity contribution in [1.82, 2.24) is 9.55 Å². The van der Waals surface area contributed by atoms with Gasteiger partial charge in [-0.2, -0.15) is 0 Å². The van der Waals surface area contributed by atoms with Gasteiger partial charge < -0.3 is 14.7 Å². The van der Waals surface area contributed by atoms with Gasteiger partial charge in [0.25, 0.3) is 0 Å². The number of hydrogen-bond donors (Lipinski definition) is 0. The van der Waals surface area contributed by atoms with Crippen molar-refractivity contribution >= 4 is 11.9 Å². The summed E-state index contributed by atoms with van der Waals surface area (Å²) in [6, 6.07) is 9.86. The number of imidazole rings is 1. The summed E-state index contributed by atoms with van der Waals surface area (Å²) in [4.78, 5) is 13.6. The van der Waals surface area contributed by atoms with E-state index >= 15 is 0 Å². The van der Waals surface area contributed by atoms with Gasteiger partial charge in [-0.05, 0) is 15.5 Å². The van der Waals surface area contributed by atoms with E-state index in [1.807, 2.05) is 42.5 Å². The standard InChI is InChI=1S/C12H11N3O2/c16-15(17)12-9-14(10-13-12)8-4-7-11-5-2-1-3-6-11/h1-7,9-10H,8H2/b7-4-. The minimum absolute atomic E-state index is 0.127. The van der Waals surface area contributed by atoms with Gasteiger partial charge in [-0.3, -0.25) is 0 Å². The molecule has 1 heterocycles. The van der Waals surface area contributed by atoms with Gasteiger partial charge in [0.05, 0.1) is 0 Å². The molecule has 0 radical (unpaired) electrons. The van der Waals surface area contributed by atoms with Gasteiger partial charge in [0.1, 0.15) is 6.20 Å². The molecule has 0 aliphatic heterocycles. The molecule has 0 N–H and O–H groups in total. The number of nitro groups is 1. The fourth-order valence-electron chi connectivity index (χ4n) is 1.42. The Bertz CT molecular complexity index is 532. The lowest BCUT2D eigenvalue weighted by molar-refractivity contribution is -0.389. The Kier molecular flexibility index (Phi) is 3.30. The first kappa shape index (κ1) is 11.1. The van der Waals surface area contributed by atoms with Crippen LogP contribution in [0.2, 0.25) is 0 Å². The first-order valence-electron chi connectivity index (χ1n) is 5.13. The van der Waals surface area contributed by atoms with Crippen molar-refractivity contribution in [2.45, 2.75) is 6.54 Å². The molecule has 0 saturated carbocycles. The lowest BCUT2D eigenvalue weighted by Crippen LogP contribution is -1.90. The topological polar surface area (TPSA) is 61.0 Å². The van der Waals surface area contributed by atoms with Gasteiger partial charge in [-0.15, -0.1) is 0 Å². The van der Waals surface area contributed by atoms with E-state index in [9.17, 15) is 10.1 Å². The first-order valence-corrected chi connectivity index (χ1v) is 5.13. The Labute approximate surface area is 98.2 Å². The van der Waals surface area contributed by atoms with Crippen LogP contribution in [0.15, 0.2) is 48.9 Å². The van der Waals surface area contributed by atoms with Crippen molar-refractivity contribution in [3.8, 4) is 0 Å². The van der Waals surface area contributed by atoms with Crippen LogP contribution >= 0.6 is 0 Å². The summed E-state index contributed by atoms with van der Waals surface area (Å²) in [7, 11) is 0. The molecule has 5 nitrogen and oxygen atoms in total. The molecule has 0 amide bonds. The Morgan fingerprint density at radius 1 is 1.35 bits per heavy atom. The average molecular weight is 229 g/mol. The van der Waals surface area contributed by atoms with Crippen LogP contribution in [0.1, 0.15) is 5.56 Å². The summed E-state index contributed by atoms with van der Waals surface area (Å²) in [5, 5.41) is 10.4. The van der Waals surface area contributed by atoms with Crippen molar-refractivity contribution in [2.24, 2.45) is 0 Å². The molecule has 0 aliphatic carbocycles. The third-order valence-electron chi connectivity index (χ3n) is 2.23. The number of rotatable bonds is 4. The highest BCUT2D eigenvalue weighted by atomic mass is 16.6. The van der Waals surface area contributed by atoms with E-state index in [4.69, 9.17) is 0 Å². The fraction of sp³-hybridized carbons (Fsp3) is 0.0833. The monoisotopic (exact) mass is 229 g/mol.